The molecule has 1 saturated carbocycles. The van der Waals surface area contributed by atoms with Crippen molar-refractivity contribution in [3.8, 4) is 5.75 Å². The van der Waals surface area contributed by atoms with E-state index in [0.29, 0.717) is 11.7 Å². The molecule has 3 aromatic rings. The molecule has 0 bridgehead atoms. The van der Waals surface area contributed by atoms with Crippen LogP contribution in [0.4, 0.5) is 0 Å². The molecule has 0 radical (unpaired) electrons. The van der Waals surface area contributed by atoms with Gasteiger partial charge in [0.2, 0.25) is 0 Å². The van der Waals surface area contributed by atoms with E-state index in [1.807, 2.05) is 72.8 Å². The molecule has 9 heteroatoms. The molecule has 0 amide bonds. The van der Waals surface area contributed by atoms with Gasteiger partial charge in [0.25, 0.3) is 0 Å². The van der Waals surface area contributed by atoms with Gasteiger partial charge in [-0.1, -0.05) is 120 Å². The molecule has 2 aliphatic carbocycles. The number of unbranched alkanes of at least 4 members (excludes halogenated alkanes) is 2. The van der Waals surface area contributed by atoms with Crippen LogP contribution in [0.15, 0.2) is 78.9 Å². The molecule has 5 rings (SSSR count). The van der Waals surface area contributed by atoms with Gasteiger partial charge in [-0.3, -0.25) is 9.59 Å². The standard InChI is InChI=1S/C47H64O8Si/c1-7-8-11-22-38(55-56(5,6)47(2,3)4)24-25-39-40-28-36-21-16-23-42(51-33-46(50)53-32-35-19-14-10-15-20-35)41(36)29-37(40)30-43(39)54-45(49)27-26-44(48)52-31-34-17-12-9-13-18-34/h9-10,12-21,23,37-40,43H,7-8,11,22,24-33H2,1-6H3/t37-,38-,39+,40-,43+/m0/s1. The van der Waals surface area contributed by atoms with Crippen LogP contribution in [-0.4, -0.2) is 45.0 Å². The Morgan fingerprint density at radius 1 is 0.768 bits per heavy atom. The minimum atomic E-state index is -2.00. The molecule has 0 saturated heterocycles. The highest BCUT2D eigenvalue weighted by molar-refractivity contribution is 6.74. The topological polar surface area (TPSA) is 97.4 Å². The van der Waals surface area contributed by atoms with Crippen LogP contribution in [0.1, 0.15) is 108 Å². The van der Waals surface area contributed by atoms with Crippen LogP contribution in [0.2, 0.25) is 18.1 Å². The fraction of sp³-hybridized carbons (Fsp3) is 0.553. The van der Waals surface area contributed by atoms with Gasteiger partial charge in [-0.15, -0.1) is 0 Å². The molecule has 0 aromatic heterocycles. The van der Waals surface area contributed by atoms with Gasteiger partial charge in [-0.25, -0.2) is 4.79 Å². The van der Waals surface area contributed by atoms with Crippen LogP contribution < -0.4 is 4.74 Å². The van der Waals surface area contributed by atoms with Crippen LogP contribution in [0.3, 0.4) is 0 Å². The first kappa shape index (κ1) is 43.2. The zero-order valence-corrected chi connectivity index (χ0v) is 35.6. The summed E-state index contributed by atoms with van der Waals surface area (Å²) in [7, 11) is -2.00. The van der Waals surface area contributed by atoms with Gasteiger partial charge in [0.15, 0.2) is 14.9 Å². The van der Waals surface area contributed by atoms with Gasteiger partial charge in [0, 0.05) is 6.10 Å². The molecule has 8 nitrogen and oxygen atoms in total. The molecular weight excluding hydrogens is 721 g/mol. The quantitative estimate of drug-likeness (QED) is 0.0484. The third-order valence-electron chi connectivity index (χ3n) is 12.2. The molecule has 56 heavy (non-hydrogen) atoms. The second-order valence-electron chi connectivity index (χ2n) is 17.3. The van der Waals surface area contributed by atoms with E-state index in [0.717, 1.165) is 68.1 Å². The Labute approximate surface area is 336 Å². The lowest BCUT2D eigenvalue weighted by molar-refractivity contribution is -0.155. The van der Waals surface area contributed by atoms with Crippen LogP contribution in [0.5, 0.6) is 5.75 Å². The minimum absolute atomic E-state index is 0.0150. The van der Waals surface area contributed by atoms with Crippen LogP contribution >= 0.6 is 0 Å². The second kappa shape index (κ2) is 20.5. The van der Waals surface area contributed by atoms with Crippen molar-refractivity contribution in [1.29, 1.82) is 0 Å². The average Bonchev–Trinajstić information content (AvgIpc) is 3.51. The number of carbonyl (C=O) groups excluding carboxylic acids is 3. The lowest BCUT2D eigenvalue weighted by Gasteiger charge is -2.40. The second-order valence-corrected chi connectivity index (χ2v) is 22.1. The lowest BCUT2D eigenvalue weighted by Crippen LogP contribution is -2.44. The molecule has 3 aromatic carbocycles. The van der Waals surface area contributed by atoms with Crippen molar-refractivity contribution < 1.29 is 37.8 Å². The van der Waals surface area contributed by atoms with E-state index in [2.05, 4.69) is 46.9 Å². The van der Waals surface area contributed by atoms with Crippen molar-refractivity contribution in [2.45, 2.75) is 142 Å². The van der Waals surface area contributed by atoms with E-state index < -0.39 is 20.3 Å². The Kier molecular flexibility index (Phi) is 15.8. The number of benzene rings is 3. The largest absolute Gasteiger partial charge is 0.482 e. The van der Waals surface area contributed by atoms with Crippen molar-refractivity contribution in [3.63, 3.8) is 0 Å². The Hall–Kier alpha value is -3.95. The third-order valence-corrected chi connectivity index (χ3v) is 16.7. The summed E-state index contributed by atoms with van der Waals surface area (Å²) in [6, 6.07) is 25.2. The Balaban J connectivity index is 1.26. The molecule has 0 heterocycles. The summed E-state index contributed by atoms with van der Waals surface area (Å²) in [6.45, 7) is 14.0. The molecule has 0 N–H and O–H groups in total. The van der Waals surface area contributed by atoms with Gasteiger partial charge in [-0.2, -0.15) is 0 Å². The first-order valence-electron chi connectivity index (χ1n) is 20.8. The predicted octanol–water partition coefficient (Wildman–Crippen LogP) is 10.3. The summed E-state index contributed by atoms with van der Waals surface area (Å²) in [5.74, 6) is 0.307. The maximum Gasteiger partial charge on any atom is 0.344 e. The first-order valence-corrected chi connectivity index (χ1v) is 23.7. The van der Waals surface area contributed by atoms with E-state index >= 15 is 0 Å². The number of esters is 3. The fourth-order valence-electron chi connectivity index (χ4n) is 8.06. The number of fused-ring (bicyclic) bond motifs is 2. The van der Waals surface area contributed by atoms with Crippen molar-refractivity contribution in [2.75, 3.05) is 6.61 Å². The molecule has 0 spiro atoms. The number of ether oxygens (including phenoxy) is 4. The van der Waals surface area contributed by atoms with E-state index in [1.54, 1.807) is 0 Å². The monoisotopic (exact) mass is 784 g/mol. The minimum Gasteiger partial charge on any atom is -0.482 e. The molecule has 2 aliphatic rings. The highest BCUT2D eigenvalue weighted by atomic mass is 28.4. The maximum atomic E-state index is 13.4. The Morgan fingerprint density at radius 2 is 1.41 bits per heavy atom. The zero-order valence-electron chi connectivity index (χ0n) is 34.6. The molecule has 0 unspecified atom stereocenters. The summed E-state index contributed by atoms with van der Waals surface area (Å²) in [6.07, 6.45) is 8.61. The summed E-state index contributed by atoms with van der Waals surface area (Å²) in [5, 5.41) is 0.111. The van der Waals surface area contributed by atoms with Crippen molar-refractivity contribution in [1.82, 2.24) is 0 Å². The number of carbonyl (C=O) groups is 3. The number of hydrogen-bond donors (Lipinski definition) is 0. The van der Waals surface area contributed by atoms with Crippen molar-refractivity contribution >= 4 is 26.2 Å². The number of rotatable bonds is 20. The van der Waals surface area contributed by atoms with Crippen molar-refractivity contribution in [2.24, 2.45) is 17.8 Å². The highest BCUT2D eigenvalue weighted by Crippen LogP contribution is 2.50. The van der Waals surface area contributed by atoms with Gasteiger partial charge >= 0.3 is 17.9 Å². The van der Waals surface area contributed by atoms with Crippen LogP contribution in [0, 0.1) is 17.8 Å². The van der Waals surface area contributed by atoms with E-state index in [-0.39, 0.29) is 67.7 Å². The average molecular weight is 785 g/mol. The van der Waals surface area contributed by atoms with Gasteiger partial charge in [0.1, 0.15) is 25.1 Å². The summed E-state index contributed by atoms with van der Waals surface area (Å²) in [4.78, 5) is 38.6. The van der Waals surface area contributed by atoms with Crippen LogP contribution in [-0.2, 0) is 59.1 Å². The predicted molar refractivity (Wildman–Crippen MR) is 221 cm³/mol. The normalized spacial score (nSPS) is 19.7. The Morgan fingerprint density at radius 3 is 2.05 bits per heavy atom. The fourth-order valence-corrected chi connectivity index (χ4v) is 9.48. The molecule has 5 atom stereocenters. The Bertz CT molecular complexity index is 1700. The summed E-state index contributed by atoms with van der Waals surface area (Å²) >= 11 is 0. The number of hydrogen-bond acceptors (Lipinski definition) is 8. The van der Waals surface area contributed by atoms with Gasteiger partial charge in [0.05, 0.1) is 12.8 Å². The highest BCUT2D eigenvalue weighted by Gasteiger charge is 2.48. The van der Waals surface area contributed by atoms with E-state index in [4.69, 9.17) is 23.4 Å². The van der Waals surface area contributed by atoms with Gasteiger partial charge in [-0.05, 0) is 103 Å². The summed E-state index contributed by atoms with van der Waals surface area (Å²) < 4.78 is 30.4. The third kappa shape index (κ3) is 12.5. The molecule has 0 aliphatic heterocycles. The first-order chi connectivity index (χ1) is 26.8. The van der Waals surface area contributed by atoms with E-state index in [1.165, 1.54) is 12.0 Å². The maximum absolute atomic E-state index is 13.4. The van der Waals surface area contributed by atoms with Crippen molar-refractivity contribution in [3.05, 3.63) is 101 Å². The molecular formula is C47H64O8Si. The molecule has 1 fully saturated rings. The van der Waals surface area contributed by atoms with Gasteiger partial charge < -0.3 is 23.4 Å². The zero-order chi connectivity index (χ0) is 40.1. The smallest absolute Gasteiger partial charge is 0.344 e. The lowest BCUT2D eigenvalue weighted by atomic mass is 9.73. The summed E-state index contributed by atoms with van der Waals surface area (Å²) in [5.41, 5.74) is 4.17. The SMILES string of the molecule is CCCCC[C@@H](CC[C@@H]1[C@H]2Cc3cccc(OCC(=O)OCc4ccccc4)c3C[C@H]2C[C@H]1OC(=O)CCC(=O)OCc1ccccc1)O[Si](C)(C)C(C)(C)C. The van der Waals surface area contributed by atoms with E-state index in [9.17, 15) is 14.4 Å². The molecule has 304 valence electrons. The van der Waals surface area contributed by atoms with Crippen LogP contribution in [0.25, 0.3) is 0 Å².